The number of anilines is 2. The van der Waals surface area contributed by atoms with Gasteiger partial charge in [-0.25, -0.2) is 13.6 Å². The number of hydrogen-bond donors (Lipinski definition) is 1. The smallest absolute Gasteiger partial charge is 0.351 e. The maximum Gasteiger partial charge on any atom is 0.351 e. The number of benzene rings is 2. The molecule has 30 heavy (non-hydrogen) atoms. The summed E-state index contributed by atoms with van der Waals surface area (Å²) in [7, 11) is 1.04. The first-order chi connectivity index (χ1) is 14.4. The lowest BCUT2D eigenvalue weighted by atomic mass is 10.1. The second kappa shape index (κ2) is 8.75. The summed E-state index contributed by atoms with van der Waals surface area (Å²) < 4.78 is 34.1. The molecule has 0 aliphatic carbocycles. The maximum absolute atomic E-state index is 14.8. The van der Waals surface area contributed by atoms with Crippen molar-refractivity contribution in [2.75, 3.05) is 23.1 Å². The molecule has 1 N–H and O–H groups in total. The summed E-state index contributed by atoms with van der Waals surface area (Å²) in [5.41, 5.74) is -1.22. The van der Waals surface area contributed by atoms with Crippen molar-refractivity contribution in [2.24, 2.45) is 0 Å². The molecular weight excluding hydrogens is 416 g/mol. The SMILES string of the molecule is COC(=O)/C(C#N)=C1\SCC(=O)N1c1c(F)cc(C(=O)Nc2ccccc2)cc1F. The van der Waals surface area contributed by atoms with E-state index >= 15 is 0 Å². The summed E-state index contributed by atoms with van der Waals surface area (Å²) in [5.74, 6) is -5.17. The van der Waals surface area contributed by atoms with E-state index in [0.29, 0.717) is 10.6 Å². The summed E-state index contributed by atoms with van der Waals surface area (Å²) in [5, 5.41) is 11.5. The summed E-state index contributed by atoms with van der Waals surface area (Å²) in [6.45, 7) is 0. The summed E-state index contributed by atoms with van der Waals surface area (Å²) >= 11 is 0.780. The zero-order valence-corrected chi connectivity index (χ0v) is 16.3. The highest BCUT2D eigenvalue weighted by atomic mass is 32.2. The molecule has 0 unspecified atom stereocenters. The average Bonchev–Trinajstić information content (AvgIpc) is 3.09. The van der Waals surface area contributed by atoms with E-state index in [4.69, 9.17) is 0 Å². The van der Waals surface area contributed by atoms with Crippen LogP contribution in [0.5, 0.6) is 0 Å². The molecule has 152 valence electrons. The average molecular weight is 429 g/mol. The van der Waals surface area contributed by atoms with Crippen molar-refractivity contribution >= 4 is 40.9 Å². The molecule has 1 aliphatic rings. The normalized spacial score (nSPS) is 14.9. The van der Waals surface area contributed by atoms with Crippen molar-refractivity contribution < 1.29 is 27.9 Å². The topological polar surface area (TPSA) is 99.5 Å². The van der Waals surface area contributed by atoms with Gasteiger partial charge in [0, 0.05) is 11.3 Å². The zero-order chi connectivity index (χ0) is 21.8. The van der Waals surface area contributed by atoms with Gasteiger partial charge >= 0.3 is 5.97 Å². The van der Waals surface area contributed by atoms with Gasteiger partial charge in [-0.05, 0) is 24.3 Å². The van der Waals surface area contributed by atoms with Crippen molar-refractivity contribution in [1.82, 2.24) is 0 Å². The molecule has 2 amide bonds. The Morgan fingerprint density at radius 3 is 2.40 bits per heavy atom. The van der Waals surface area contributed by atoms with Gasteiger partial charge < -0.3 is 10.1 Å². The van der Waals surface area contributed by atoms with Crippen LogP contribution in [-0.4, -0.2) is 30.6 Å². The van der Waals surface area contributed by atoms with Gasteiger partial charge in [-0.2, -0.15) is 5.26 Å². The first kappa shape index (κ1) is 21.0. The minimum atomic E-state index is -1.20. The Balaban J connectivity index is 2.01. The number of nitrogens with one attached hydrogen (secondary N) is 1. The Kier molecular flexibility index (Phi) is 6.13. The third-order valence-electron chi connectivity index (χ3n) is 4.03. The Morgan fingerprint density at radius 1 is 1.20 bits per heavy atom. The minimum Gasteiger partial charge on any atom is -0.465 e. The van der Waals surface area contributed by atoms with Gasteiger partial charge in [-0.1, -0.05) is 30.0 Å². The lowest BCUT2D eigenvalue weighted by molar-refractivity contribution is -0.135. The minimum absolute atomic E-state index is 0.230. The van der Waals surface area contributed by atoms with Crippen LogP contribution in [0.25, 0.3) is 0 Å². The quantitative estimate of drug-likeness (QED) is 0.455. The summed E-state index contributed by atoms with van der Waals surface area (Å²) in [6.07, 6.45) is 0. The number of rotatable bonds is 4. The van der Waals surface area contributed by atoms with Crippen LogP contribution in [0.3, 0.4) is 0 Å². The number of amides is 2. The third kappa shape index (κ3) is 4.01. The molecule has 2 aromatic rings. The lowest BCUT2D eigenvalue weighted by Crippen LogP contribution is -2.28. The van der Waals surface area contributed by atoms with E-state index in [1.165, 1.54) is 0 Å². The maximum atomic E-state index is 14.8. The fourth-order valence-corrected chi connectivity index (χ4v) is 3.69. The van der Waals surface area contributed by atoms with Crippen molar-refractivity contribution in [3.8, 4) is 6.07 Å². The number of thioether (sulfide) groups is 1. The number of para-hydroxylation sites is 1. The van der Waals surface area contributed by atoms with Gasteiger partial charge in [0.2, 0.25) is 5.91 Å². The largest absolute Gasteiger partial charge is 0.465 e. The van der Waals surface area contributed by atoms with Crippen LogP contribution >= 0.6 is 11.8 Å². The third-order valence-corrected chi connectivity index (χ3v) is 5.09. The molecule has 0 spiro atoms. The molecule has 7 nitrogen and oxygen atoms in total. The molecule has 2 aromatic carbocycles. The molecule has 0 radical (unpaired) electrons. The standard InChI is InChI=1S/C20H13F2N3O4S/c1-29-20(28)13(9-23)19-25(16(26)10-30-19)17-14(21)7-11(8-15(17)22)18(27)24-12-5-3-2-4-6-12/h2-8H,10H2,1H3,(H,24,27)/b19-13-. The number of hydrogen-bond acceptors (Lipinski definition) is 6. The number of esters is 1. The van der Waals surface area contributed by atoms with Gasteiger partial charge in [0.15, 0.2) is 17.2 Å². The van der Waals surface area contributed by atoms with E-state index in [2.05, 4.69) is 10.1 Å². The number of carbonyl (C=O) groups is 3. The van der Waals surface area contributed by atoms with Crippen LogP contribution in [0.2, 0.25) is 0 Å². The number of methoxy groups -OCH3 is 1. The zero-order valence-electron chi connectivity index (χ0n) is 15.4. The highest BCUT2D eigenvalue weighted by molar-refractivity contribution is 8.04. The number of ether oxygens (including phenoxy) is 1. The van der Waals surface area contributed by atoms with E-state index in [1.807, 2.05) is 0 Å². The monoisotopic (exact) mass is 429 g/mol. The van der Waals surface area contributed by atoms with Crippen molar-refractivity contribution in [2.45, 2.75) is 0 Å². The first-order valence-electron chi connectivity index (χ1n) is 8.41. The molecular formula is C20H13F2N3O4S. The van der Waals surface area contributed by atoms with E-state index in [-0.39, 0.29) is 16.3 Å². The van der Waals surface area contributed by atoms with Crippen molar-refractivity contribution in [3.63, 3.8) is 0 Å². The summed E-state index contributed by atoms with van der Waals surface area (Å²) in [4.78, 5) is 37.0. The predicted molar refractivity (Wildman–Crippen MR) is 105 cm³/mol. The molecule has 1 aliphatic heterocycles. The molecule has 0 aromatic heterocycles. The Labute approximate surface area is 173 Å². The Bertz CT molecular complexity index is 1090. The number of nitriles is 1. The number of halogens is 2. The fraction of sp³-hybridized carbons (Fsp3) is 0.100. The molecule has 0 bridgehead atoms. The van der Waals surface area contributed by atoms with Gasteiger partial charge in [0.25, 0.3) is 5.91 Å². The second-order valence-corrected chi connectivity index (χ2v) is 6.87. The van der Waals surface area contributed by atoms with Crippen molar-refractivity contribution in [1.29, 1.82) is 5.26 Å². The molecule has 0 saturated carbocycles. The molecule has 0 atom stereocenters. The Morgan fingerprint density at radius 2 is 1.83 bits per heavy atom. The lowest BCUT2D eigenvalue weighted by Gasteiger charge is -2.20. The van der Waals surface area contributed by atoms with E-state index in [9.17, 15) is 28.4 Å². The predicted octanol–water partition coefficient (Wildman–Crippen LogP) is 3.21. The number of carbonyl (C=O) groups excluding carboxylic acids is 3. The molecule has 1 saturated heterocycles. The van der Waals surface area contributed by atoms with Crippen LogP contribution in [0, 0.1) is 23.0 Å². The van der Waals surface area contributed by atoms with Gasteiger partial charge in [-0.3, -0.25) is 14.5 Å². The van der Waals surface area contributed by atoms with Gasteiger partial charge in [0.05, 0.1) is 12.9 Å². The molecule has 1 heterocycles. The van der Waals surface area contributed by atoms with Crippen LogP contribution in [0.4, 0.5) is 20.2 Å². The van der Waals surface area contributed by atoms with Crippen molar-refractivity contribution in [3.05, 3.63) is 70.3 Å². The highest BCUT2D eigenvalue weighted by Gasteiger charge is 2.37. The van der Waals surface area contributed by atoms with E-state index < -0.39 is 40.7 Å². The van der Waals surface area contributed by atoms with Crippen LogP contribution in [0.1, 0.15) is 10.4 Å². The first-order valence-corrected chi connectivity index (χ1v) is 9.39. The Hall–Kier alpha value is -3.71. The molecule has 10 heteroatoms. The van der Waals surface area contributed by atoms with Crippen LogP contribution < -0.4 is 10.2 Å². The van der Waals surface area contributed by atoms with Crippen LogP contribution in [-0.2, 0) is 14.3 Å². The summed E-state index contributed by atoms with van der Waals surface area (Å²) in [6, 6.07) is 11.4. The van der Waals surface area contributed by atoms with Gasteiger partial charge in [0.1, 0.15) is 16.8 Å². The molecule has 1 fully saturated rings. The van der Waals surface area contributed by atoms with E-state index in [1.54, 1.807) is 36.4 Å². The van der Waals surface area contributed by atoms with Crippen LogP contribution in [0.15, 0.2) is 53.1 Å². The number of nitrogens with zero attached hydrogens (tertiary/aromatic N) is 2. The fourth-order valence-electron chi connectivity index (χ4n) is 2.70. The van der Waals surface area contributed by atoms with Gasteiger partial charge in [-0.15, -0.1) is 0 Å². The molecule has 3 rings (SSSR count). The van der Waals surface area contributed by atoms with E-state index in [0.717, 1.165) is 31.0 Å². The second-order valence-electron chi connectivity index (χ2n) is 5.91. The highest BCUT2D eigenvalue weighted by Crippen LogP contribution is 2.39.